The predicted octanol–water partition coefficient (Wildman–Crippen LogP) is 4.69. The lowest BCUT2D eigenvalue weighted by Crippen LogP contribution is -2.26. The largest absolute Gasteiger partial charge is 0.378 e. The molecule has 0 aliphatic carbocycles. The van der Waals surface area contributed by atoms with Gasteiger partial charge in [0.15, 0.2) is 0 Å². The Labute approximate surface area is 116 Å². The summed E-state index contributed by atoms with van der Waals surface area (Å²) < 4.78 is 5.56. The van der Waals surface area contributed by atoms with Gasteiger partial charge in [0.05, 0.1) is 5.60 Å². The van der Waals surface area contributed by atoms with Crippen molar-refractivity contribution in [3.05, 3.63) is 28.3 Å². The Bertz CT molecular complexity index is 422. The normalized spacial score (nSPS) is 11.9. The van der Waals surface area contributed by atoms with Gasteiger partial charge in [0, 0.05) is 18.4 Å². The maximum absolute atomic E-state index is 5.56. The van der Waals surface area contributed by atoms with E-state index >= 15 is 0 Å². The molecule has 0 radical (unpaired) electrons. The van der Waals surface area contributed by atoms with Crippen molar-refractivity contribution in [1.82, 2.24) is 0 Å². The van der Waals surface area contributed by atoms with Crippen LogP contribution < -0.4 is 0 Å². The molecule has 0 bridgehead atoms. The van der Waals surface area contributed by atoms with Gasteiger partial charge in [-0.1, -0.05) is 13.0 Å². The highest BCUT2D eigenvalue weighted by Crippen LogP contribution is 2.32. The van der Waals surface area contributed by atoms with Crippen LogP contribution in [0.3, 0.4) is 0 Å². The van der Waals surface area contributed by atoms with Gasteiger partial charge >= 0.3 is 0 Å². The number of hydrogen-bond donors (Lipinski definition) is 0. The molecular formula is C16H26OS. The summed E-state index contributed by atoms with van der Waals surface area (Å²) in [5.41, 5.74) is 5.56. The predicted molar refractivity (Wildman–Crippen MR) is 81.8 cm³/mol. The van der Waals surface area contributed by atoms with Gasteiger partial charge in [-0.3, -0.25) is 0 Å². The smallest absolute Gasteiger partial charge is 0.0663 e. The maximum atomic E-state index is 5.56. The first kappa shape index (κ1) is 15.6. The van der Waals surface area contributed by atoms with E-state index in [9.17, 15) is 0 Å². The molecule has 18 heavy (non-hydrogen) atoms. The zero-order valence-electron chi connectivity index (χ0n) is 12.8. The summed E-state index contributed by atoms with van der Waals surface area (Å²) in [7, 11) is 1.79. The van der Waals surface area contributed by atoms with Crippen molar-refractivity contribution in [2.45, 2.75) is 58.5 Å². The van der Waals surface area contributed by atoms with Gasteiger partial charge < -0.3 is 4.74 Å². The fourth-order valence-corrected chi connectivity index (χ4v) is 3.17. The monoisotopic (exact) mass is 266 g/mol. The summed E-state index contributed by atoms with van der Waals surface area (Å²) in [5, 5.41) is 0. The third-order valence-corrected chi connectivity index (χ3v) is 4.79. The van der Waals surface area contributed by atoms with Crippen LogP contribution in [0.4, 0.5) is 0 Å². The summed E-state index contributed by atoms with van der Waals surface area (Å²) in [4.78, 5) is 1.46. The minimum absolute atomic E-state index is 0.0966. The molecule has 0 amide bonds. The molecule has 1 aromatic rings. The molecule has 0 aromatic heterocycles. The SMILES string of the molecule is CCSc1c(C)c(C)cc(CC(C)(C)OC)c1C. The summed E-state index contributed by atoms with van der Waals surface area (Å²) in [6.45, 7) is 13.2. The highest BCUT2D eigenvalue weighted by Gasteiger charge is 2.20. The van der Waals surface area contributed by atoms with E-state index < -0.39 is 0 Å². The lowest BCUT2D eigenvalue weighted by Gasteiger charge is -2.25. The third-order valence-electron chi connectivity index (χ3n) is 3.60. The van der Waals surface area contributed by atoms with Crippen LogP contribution in [0.25, 0.3) is 0 Å². The first-order chi connectivity index (χ1) is 8.32. The highest BCUT2D eigenvalue weighted by atomic mass is 32.2. The zero-order valence-corrected chi connectivity index (χ0v) is 13.6. The van der Waals surface area contributed by atoms with Crippen molar-refractivity contribution in [2.24, 2.45) is 0 Å². The van der Waals surface area contributed by atoms with E-state index in [1.54, 1.807) is 7.11 Å². The van der Waals surface area contributed by atoms with E-state index in [1.807, 2.05) is 11.8 Å². The van der Waals surface area contributed by atoms with E-state index in [-0.39, 0.29) is 5.60 Å². The Morgan fingerprint density at radius 1 is 1.17 bits per heavy atom. The standard InChI is InChI=1S/C16H26OS/c1-8-18-15-12(3)11(2)9-14(13(15)4)10-16(5,6)17-7/h9H,8,10H2,1-7H3. The molecule has 2 heteroatoms. The quantitative estimate of drug-likeness (QED) is 0.715. The molecule has 1 rings (SSSR count). The molecule has 0 heterocycles. The van der Waals surface area contributed by atoms with Crippen LogP contribution in [-0.2, 0) is 11.2 Å². The first-order valence-electron chi connectivity index (χ1n) is 6.60. The molecule has 102 valence electrons. The number of methoxy groups -OCH3 is 1. The third kappa shape index (κ3) is 3.52. The molecule has 0 aliphatic rings. The second-order valence-corrected chi connectivity index (χ2v) is 6.78. The van der Waals surface area contributed by atoms with Crippen LogP contribution in [0.1, 0.15) is 43.0 Å². The molecule has 0 unspecified atom stereocenters. The molecule has 0 spiro atoms. The summed E-state index contributed by atoms with van der Waals surface area (Å²) in [6.07, 6.45) is 0.966. The lowest BCUT2D eigenvalue weighted by molar-refractivity contribution is 0.0230. The summed E-state index contributed by atoms with van der Waals surface area (Å²) in [5.74, 6) is 1.12. The van der Waals surface area contributed by atoms with E-state index in [2.05, 4.69) is 47.6 Å². The van der Waals surface area contributed by atoms with Gasteiger partial charge in [-0.2, -0.15) is 0 Å². The minimum Gasteiger partial charge on any atom is -0.378 e. The Morgan fingerprint density at radius 3 is 2.28 bits per heavy atom. The molecular weight excluding hydrogens is 240 g/mol. The Balaban J connectivity index is 3.21. The number of rotatable bonds is 5. The van der Waals surface area contributed by atoms with Crippen molar-refractivity contribution >= 4 is 11.8 Å². The molecule has 0 saturated heterocycles. The van der Waals surface area contributed by atoms with Gasteiger partial charge in [-0.25, -0.2) is 0 Å². The van der Waals surface area contributed by atoms with Crippen molar-refractivity contribution in [3.63, 3.8) is 0 Å². The van der Waals surface area contributed by atoms with Crippen molar-refractivity contribution in [3.8, 4) is 0 Å². The summed E-state index contributed by atoms with van der Waals surface area (Å²) >= 11 is 1.95. The lowest BCUT2D eigenvalue weighted by atomic mass is 9.92. The fraction of sp³-hybridized carbons (Fsp3) is 0.625. The second-order valence-electron chi connectivity index (χ2n) is 5.51. The van der Waals surface area contributed by atoms with E-state index in [1.165, 1.54) is 27.1 Å². The van der Waals surface area contributed by atoms with Crippen LogP contribution in [0, 0.1) is 20.8 Å². The van der Waals surface area contributed by atoms with Crippen LogP contribution in [0.5, 0.6) is 0 Å². The van der Waals surface area contributed by atoms with Crippen LogP contribution >= 0.6 is 11.8 Å². The maximum Gasteiger partial charge on any atom is 0.0663 e. The van der Waals surface area contributed by atoms with Gasteiger partial charge in [0.2, 0.25) is 0 Å². The van der Waals surface area contributed by atoms with E-state index in [0.29, 0.717) is 0 Å². The van der Waals surface area contributed by atoms with Crippen molar-refractivity contribution in [1.29, 1.82) is 0 Å². The molecule has 0 saturated carbocycles. The molecule has 1 aromatic carbocycles. The van der Waals surface area contributed by atoms with Gasteiger partial charge in [0.25, 0.3) is 0 Å². The molecule has 0 N–H and O–H groups in total. The van der Waals surface area contributed by atoms with Gasteiger partial charge in [-0.15, -0.1) is 11.8 Å². The van der Waals surface area contributed by atoms with Crippen molar-refractivity contribution < 1.29 is 4.74 Å². The number of thioether (sulfide) groups is 1. The van der Waals surface area contributed by atoms with Gasteiger partial charge in [-0.05, 0) is 62.6 Å². The highest BCUT2D eigenvalue weighted by molar-refractivity contribution is 7.99. The van der Waals surface area contributed by atoms with E-state index in [0.717, 1.165) is 12.2 Å². The van der Waals surface area contributed by atoms with E-state index in [4.69, 9.17) is 4.74 Å². The van der Waals surface area contributed by atoms with Crippen molar-refractivity contribution in [2.75, 3.05) is 12.9 Å². The average Bonchev–Trinajstić information content (AvgIpc) is 2.31. The number of benzene rings is 1. The average molecular weight is 266 g/mol. The van der Waals surface area contributed by atoms with Crippen LogP contribution in [0.15, 0.2) is 11.0 Å². The minimum atomic E-state index is -0.0966. The number of ether oxygens (including phenoxy) is 1. The second kappa shape index (κ2) is 6.12. The number of aryl methyl sites for hydroxylation is 1. The first-order valence-corrected chi connectivity index (χ1v) is 7.58. The Hall–Kier alpha value is -0.470. The molecule has 1 nitrogen and oxygen atoms in total. The van der Waals surface area contributed by atoms with Gasteiger partial charge in [0.1, 0.15) is 0 Å². The molecule has 0 atom stereocenters. The molecule has 0 aliphatic heterocycles. The van der Waals surface area contributed by atoms with Crippen LogP contribution in [-0.4, -0.2) is 18.5 Å². The Kier molecular flexibility index (Phi) is 5.30. The zero-order chi connectivity index (χ0) is 13.9. The molecule has 0 fully saturated rings. The summed E-state index contributed by atoms with van der Waals surface area (Å²) in [6, 6.07) is 2.32. The fourth-order valence-electron chi connectivity index (χ4n) is 2.16. The Morgan fingerprint density at radius 2 is 1.78 bits per heavy atom. The van der Waals surface area contributed by atoms with Crippen LogP contribution in [0.2, 0.25) is 0 Å². The number of hydrogen-bond acceptors (Lipinski definition) is 2. The topological polar surface area (TPSA) is 9.23 Å².